The van der Waals surface area contributed by atoms with Crippen LogP contribution in [0.15, 0.2) is 49.1 Å². The SMILES string of the molecule is C=CCCCC=CC=CCC(=C)C. The van der Waals surface area contributed by atoms with Crippen molar-refractivity contribution in [3.8, 4) is 0 Å². The summed E-state index contributed by atoms with van der Waals surface area (Å²) in [7, 11) is 0. The molecule has 0 amide bonds. The minimum Gasteiger partial charge on any atom is -0.103 e. The van der Waals surface area contributed by atoms with Gasteiger partial charge in [-0.05, 0) is 32.6 Å². The first-order valence-corrected chi connectivity index (χ1v) is 4.84. The summed E-state index contributed by atoms with van der Waals surface area (Å²) in [6.07, 6.45) is 14.9. The molecule has 0 atom stereocenters. The van der Waals surface area contributed by atoms with E-state index in [1.54, 1.807) is 0 Å². The topological polar surface area (TPSA) is 0 Å². The van der Waals surface area contributed by atoms with Gasteiger partial charge in [-0.2, -0.15) is 0 Å². The monoisotopic (exact) mass is 176 g/mol. The van der Waals surface area contributed by atoms with E-state index in [0.29, 0.717) is 0 Å². The summed E-state index contributed by atoms with van der Waals surface area (Å²) in [5, 5.41) is 0. The molecule has 0 heterocycles. The molecule has 0 N–H and O–H groups in total. The molecule has 0 aromatic carbocycles. The van der Waals surface area contributed by atoms with Crippen molar-refractivity contribution >= 4 is 0 Å². The maximum atomic E-state index is 3.83. The predicted molar refractivity (Wildman–Crippen MR) is 61.8 cm³/mol. The number of allylic oxidation sites excluding steroid dienone is 6. The Hall–Kier alpha value is -1.04. The summed E-state index contributed by atoms with van der Waals surface area (Å²) in [6, 6.07) is 0. The first kappa shape index (κ1) is 12.0. The lowest BCUT2D eigenvalue weighted by Crippen LogP contribution is -1.68. The van der Waals surface area contributed by atoms with Crippen LogP contribution in [-0.4, -0.2) is 0 Å². The van der Waals surface area contributed by atoms with Gasteiger partial charge in [-0.25, -0.2) is 0 Å². The number of hydrogen-bond acceptors (Lipinski definition) is 0. The van der Waals surface area contributed by atoms with Crippen LogP contribution in [0.25, 0.3) is 0 Å². The van der Waals surface area contributed by atoms with Crippen LogP contribution >= 0.6 is 0 Å². The maximum Gasteiger partial charge on any atom is -0.0141 e. The first-order chi connectivity index (χ1) is 6.27. The fourth-order valence-electron chi connectivity index (χ4n) is 0.903. The van der Waals surface area contributed by atoms with Crippen LogP contribution in [0.2, 0.25) is 0 Å². The second-order valence-corrected chi connectivity index (χ2v) is 3.24. The zero-order chi connectivity index (χ0) is 9.94. The van der Waals surface area contributed by atoms with Crippen LogP contribution in [0.5, 0.6) is 0 Å². The molecule has 0 saturated heterocycles. The average molecular weight is 176 g/mol. The predicted octanol–water partition coefficient (Wildman–Crippen LogP) is 4.42. The number of hydrogen-bond donors (Lipinski definition) is 0. The third-order valence-corrected chi connectivity index (χ3v) is 1.63. The summed E-state index contributed by atoms with van der Waals surface area (Å²) in [4.78, 5) is 0. The minimum absolute atomic E-state index is 0.983. The van der Waals surface area contributed by atoms with Crippen molar-refractivity contribution < 1.29 is 0 Å². The molecule has 0 nitrogen and oxygen atoms in total. The van der Waals surface area contributed by atoms with E-state index >= 15 is 0 Å². The average Bonchev–Trinajstić information content (AvgIpc) is 2.09. The summed E-state index contributed by atoms with van der Waals surface area (Å²) in [5.41, 5.74) is 1.20. The van der Waals surface area contributed by atoms with Crippen molar-refractivity contribution in [2.75, 3.05) is 0 Å². The second kappa shape index (κ2) is 9.05. The van der Waals surface area contributed by atoms with Gasteiger partial charge in [0.05, 0.1) is 0 Å². The molecule has 0 radical (unpaired) electrons. The Bertz CT molecular complexity index is 194. The van der Waals surface area contributed by atoms with Crippen molar-refractivity contribution in [3.05, 3.63) is 49.1 Å². The summed E-state index contributed by atoms with van der Waals surface area (Å²) >= 11 is 0. The quantitative estimate of drug-likeness (QED) is 0.306. The molecule has 0 aliphatic carbocycles. The van der Waals surface area contributed by atoms with Crippen LogP contribution in [0, 0.1) is 0 Å². The van der Waals surface area contributed by atoms with Crippen LogP contribution < -0.4 is 0 Å². The molecule has 0 spiro atoms. The van der Waals surface area contributed by atoms with Gasteiger partial charge in [0, 0.05) is 0 Å². The molecule has 0 aromatic heterocycles. The Morgan fingerprint density at radius 3 is 2.46 bits per heavy atom. The zero-order valence-corrected chi connectivity index (χ0v) is 8.63. The van der Waals surface area contributed by atoms with Gasteiger partial charge in [0.25, 0.3) is 0 Å². The molecule has 72 valence electrons. The molecule has 0 aromatic rings. The lowest BCUT2D eigenvalue weighted by Gasteiger charge is -1.88. The fraction of sp³-hybridized carbons (Fsp3) is 0.385. The molecule has 0 heteroatoms. The zero-order valence-electron chi connectivity index (χ0n) is 8.63. The third-order valence-electron chi connectivity index (χ3n) is 1.63. The number of rotatable bonds is 7. The largest absolute Gasteiger partial charge is 0.103 e. The summed E-state index contributed by atoms with van der Waals surface area (Å²) in [5.74, 6) is 0. The molecule has 0 aliphatic heterocycles. The van der Waals surface area contributed by atoms with E-state index < -0.39 is 0 Å². The highest BCUT2D eigenvalue weighted by Gasteiger charge is 1.78. The van der Waals surface area contributed by atoms with Gasteiger partial charge in [0.15, 0.2) is 0 Å². The van der Waals surface area contributed by atoms with Crippen molar-refractivity contribution in [2.24, 2.45) is 0 Å². The van der Waals surface area contributed by atoms with E-state index in [1.165, 1.54) is 12.0 Å². The van der Waals surface area contributed by atoms with Gasteiger partial charge < -0.3 is 0 Å². The van der Waals surface area contributed by atoms with Crippen molar-refractivity contribution in [2.45, 2.75) is 32.6 Å². The van der Waals surface area contributed by atoms with Gasteiger partial charge in [-0.1, -0.05) is 42.5 Å². The molecule has 13 heavy (non-hydrogen) atoms. The van der Waals surface area contributed by atoms with Crippen LogP contribution in [-0.2, 0) is 0 Å². The van der Waals surface area contributed by atoms with E-state index in [9.17, 15) is 0 Å². The Labute approximate surface area is 82.4 Å². The minimum atomic E-state index is 0.983. The van der Waals surface area contributed by atoms with E-state index in [4.69, 9.17) is 0 Å². The molecule has 0 bridgehead atoms. The second-order valence-electron chi connectivity index (χ2n) is 3.24. The van der Waals surface area contributed by atoms with E-state index in [2.05, 4.69) is 37.5 Å². The van der Waals surface area contributed by atoms with Gasteiger partial charge in [-0.3, -0.25) is 0 Å². The molecular weight excluding hydrogens is 156 g/mol. The van der Waals surface area contributed by atoms with Crippen molar-refractivity contribution in [3.63, 3.8) is 0 Å². The fourth-order valence-corrected chi connectivity index (χ4v) is 0.903. The van der Waals surface area contributed by atoms with Gasteiger partial charge in [-0.15, -0.1) is 6.58 Å². The standard InChI is InChI=1S/C13H20/c1-4-5-6-7-8-9-10-11-12-13(2)3/h4,8-11H,1-2,5-7,12H2,3H3. The Kier molecular flexibility index (Phi) is 8.33. The van der Waals surface area contributed by atoms with Crippen LogP contribution in [0.1, 0.15) is 32.6 Å². The normalized spacial score (nSPS) is 11.2. The first-order valence-electron chi connectivity index (χ1n) is 4.84. The Balaban J connectivity index is 3.34. The van der Waals surface area contributed by atoms with Crippen LogP contribution in [0.3, 0.4) is 0 Å². The third kappa shape index (κ3) is 11.0. The highest BCUT2D eigenvalue weighted by atomic mass is 13.8. The van der Waals surface area contributed by atoms with Gasteiger partial charge in [0.2, 0.25) is 0 Å². The lowest BCUT2D eigenvalue weighted by molar-refractivity contribution is 0.870. The van der Waals surface area contributed by atoms with E-state index in [-0.39, 0.29) is 0 Å². The highest BCUT2D eigenvalue weighted by Crippen LogP contribution is 1.98. The van der Waals surface area contributed by atoms with Crippen LogP contribution in [0.4, 0.5) is 0 Å². The van der Waals surface area contributed by atoms with Crippen molar-refractivity contribution in [1.29, 1.82) is 0 Å². The Morgan fingerprint density at radius 2 is 1.85 bits per heavy atom. The van der Waals surface area contributed by atoms with Crippen molar-refractivity contribution in [1.82, 2.24) is 0 Å². The molecule has 0 fully saturated rings. The molecule has 0 saturated carbocycles. The lowest BCUT2D eigenvalue weighted by atomic mass is 10.2. The maximum absolute atomic E-state index is 3.83. The molecule has 0 unspecified atom stereocenters. The highest BCUT2D eigenvalue weighted by molar-refractivity contribution is 5.07. The smallest absolute Gasteiger partial charge is 0.0141 e. The molecular formula is C13H20. The molecule has 0 aliphatic rings. The van der Waals surface area contributed by atoms with E-state index in [1.807, 2.05) is 13.0 Å². The van der Waals surface area contributed by atoms with E-state index in [0.717, 1.165) is 19.3 Å². The van der Waals surface area contributed by atoms with Gasteiger partial charge in [0.1, 0.15) is 0 Å². The van der Waals surface area contributed by atoms with Gasteiger partial charge >= 0.3 is 0 Å². The number of unbranched alkanes of at least 4 members (excludes halogenated alkanes) is 2. The summed E-state index contributed by atoms with van der Waals surface area (Å²) < 4.78 is 0. The molecule has 0 rings (SSSR count). The Morgan fingerprint density at radius 1 is 1.15 bits per heavy atom. The summed E-state index contributed by atoms with van der Waals surface area (Å²) in [6.45, 7) is 9.55.